The van der Waals surface area contributed by atoms with Crippen LogP contribution >= 0.6 is 15.9 Å². The van der Waals surface area contributed by atoms with Crippen LogP contribution in [0.15, 0.2) is 26.2 Å². The first-order chi connectivity index (χ1) is 8.82. The van der Waals surface area contributed by atoms with Crippen LogP contribution in [-0.2, 0) is 0 Å². The normalized spacial score (nSPS) is 10.7. The zero-order valence-electron chi connectivity index (χ0n) is 10.1. The van der Waals surface area contributed by atoms with Crippen molar-refractivity contribution in [2.45, 2.75) is 13.8 Å². The standard InChI is InChI=1S/C12H10BrFN2O3/c1-5-3-7(13)4-6(2)9(5)16-11(18)8(14)10(17)15-12(16)19/h3-4,18H,1-2H3,(H,15,17,19). The Labute approximate surface area is 115 Å². The molecular formula is C12H10BrFN2O3. The lowest BCUT2D eigenvalue weighted by atomic mass is 10.1. The number of H-pyrrole nitrogens is 1. The molecular weight excluding hydrogens is 319 g/mol. The van der Waals surface area contributed by atoms with E-state index < -0.39 is 22.9 Å². The monoisotopic (exact) mass is 328 g/mol. The largest absolute Gasteiger partial charge is 0.492 e. The van der Waals surface area contributed by atoms with Crippen LogP contribution in [0.2, 0.25) is 0 Å². The third-order valence-electron chi connectivity index (χ3n) is 2.71. The van der Waals surface area contributed by atoms with Crippen LogP contribution in [-0.4, -0.2) is 14.7 Å². The van der Waals surface area contributed by atoms with Crippen LogP contribution in [0.5, 0.6) is 5.88 Å². The molecule has 0 bridgehead atoms. The highest BCUT2D eigenvalue weighted by Gasteiger charge is 2.18. The molecule has 1 aromatic heterocycles. The van der Waals surface area contributed by atoms with Gasteiger partial charge in [0.15, 0.2) is 0 Å². The Kier molecular flexibility index (Phi) is 3.32. The van der Waals surface area contributed by atoms with Gasteiger partial charge in [0, 0.05) is 4.47 Å². The fourth-order valence-electron chi connectivity index (χ4n) is 1.97. The van der Waals surface area contributed by atoms with Gasteiger partial charge in [-0.05, 0) is 37.1 Å². The molecule has 1 aromatic carbocycles. The van der Waals surface area contributed by atoms with E-state index in [1.54, 1.807) is 26.0 Å². The van der Waals surface area contributed by atoms with E-state index >= 15 is 0 Å². The van der Waals surface area contributed by atoms with Gasteiger partial charge in [0.25, 0.3) is 5.56 Å². The summed E-state index contributed by atoms with van der Waals surface area (Å²) < 4.78 is 15.0. The van der Waals surface area contributed by atoms with Gasteiger partial charge in [0.1, 0.15) is 0 Å². The molecule has 0 saturated heterocycles. The molecule has 0 spiro atoms. The molecule has 2 N–H and O–H groups in total. The summed E-state index contributed by atoms with van der Waals surface area (Å²) in [6.07, 6.45) is 0. The summed E-state index contributed by atoms with van der Waals surface area (Å²) in [4.78, 5) is 24.6. The maximum Gasteiger partial charge on any atom is 0.335 e. The lowest BCUT2D eigenvalue weighted by Crippen LogP contribution is -2.31. The maximum atomic E-state index is 13.4. The van der Waals surface area contributed by atoms with Crippen molar-refractivity contribution in [3.63, 3.8) is 0 Å². The Morgan fingerprint density at radius 2 is 1.79 bits per heavy atom. The summed E-state index contributed by atoms with van der Waals surface area (Å²) in [5.74, 6) is -2.39. The lowest BCUT2D eigenvalue weighted by molar-refractivity contribution is 0.385. The van der Waals surface area contributed by atoms with Crippen molar-refractivity contribution in [1.82, 2.24) is 9.55 Å². The molecule has 2 aromatic rings. The first-order valence-corrected chi connectivity index (χ1v) is 6.13. The average molecular weight is 329 g/mol. The first kappa shape index (κ1) is 13.5. The van der Waals surface area contributed by atoms with Crippen LogP contribution in [0.1, 0.15) is 11.1 Å². The minimum absolute atomic E-state index is 0.334. The van der Waals surface area contributed by atoms with E-state index in [0.29, 0.717) is 16.8 Å². The van der Waals surface area contributed by atoms with Crippen molar-refractivity contribution >= 4 is 15.9 Å². The van der Waals surface area contributed by atoms with E-state index in [4.69, 9.17) is 0 Å². The van der Waals surface area contributed by atoms with E-state index in [0.717, 1.165) is 9.04 Å². The molecule has 2 rings (SSSR count). The first-order valence-electron chi connectivity index (χ1n) is 5.34. The second-order valence-electron chi connectivity index (χ2n) is 4.12. The summed E-state index contributed by atoms with van der Waals surface area (Å²) in [5, 5.41) is 9.69. The number of nitrogens with zero attached hydrogens (tertiary/aromatic N) is 1. The predicted octanol–water partition coefficient (Wildman–Crippen LogP) is 1.75. The van der Waals surface area contributed by atoms with Crippen LogP contribution in [0, 0.1) is 19.7 Å². The predicted molar refractivity (Wildman–Crippen MR) is 71.5 cm³/mol. The molecule has 100 valence electrons. The van der Waals surface area contributed by atoms with Crippen molar-refractivity contribution in [2.75, 3.05) is 0 Å². The molecule has 5 nitrogen and oxygen atoms in total. The van der Waals surface area contributed by atoms with Gasteiger partial charge in [-0.15, -0.1) is 0 Å². The number of hydrogen-bond donors (Lipinski definition) is 2. The number of hydrogen-bond acceptors (Lipinski definition) is 3. The van der Waals surface area contributed by atoms with Crippen molar-refractivity contribution in [3.8, 4) is 11.6 Å². The van der Waals surface area contributed by atoms with E-state index in [1.807, 2.05) is 4.98 Å². The number of aryl methyl sites for hydroxylation is 2. The Balaban J connectivity index is 2.92. The van der Waals surface area contributed by atoms with Crippen LogP contribution in [0.25, 0.3) is 5.69 Å². The quantitative estimate of drug-likeness (QED) is 0.837. The molecule has 0 saturated carbocycles. The Bertz CT molecular complexity index is 757. The van der Waals surface area contributed by atoms with Gasteiger partial charge in [-0.3, -0.25) is 9.78 Å². The fraction of sp³-hybridized carbons (Fsp3) is 0.167. The van der Waals surface area contributed by atoms with Gasteiger partial charge in [-0.1, -0.05) is 15.9 Å². The molecule has 0 fully saturated rings. The summed E-state index contributed by atoms with van der Waals surface area (Å²) in [6.45, 7) is 3.42. The summed E-state index contributed by atoms with van der Waals surface area (Å²) in [5.41, 5.74) is -0.504. The van der Waals surface area contributed by atoms with Gasteiger partial charge >= 0.3 is 5.69 Å². The molecule has 0 aliphatic carbocycles. The van der Waals surface area contributed by atoms with Crippen LogP contribution in [0.3, 0.4) is 0 Å². The zero-order chi connectivity index (χ0) is 14.3. The number of nitrogens with one attached hydrogen (secondary N) is 1. The highest BCUT2D eigenvalue weighted by molar-refractivity contribution is 9.10. The average Bonchev–Trinajstić information content (AvgIpc) is 2.29. The van der Waals surface area contributed by atoms with Gasteiger partial charge < -0.3 is 5.11 Å². The smallest absolute Gasteiger partial charge is 0.335 e. The third-order valence-corrected chi connectivity index (χ3v) is 3.17. The number of halogens is 2. The maximum absolute atomic E-state index is 13.4. The fourth-order valence-corrected chi connectivity index (χ4v) is 2.65. The van der Waals surface area contributed by atoms with Crippen molar-refractivity contribution in [1.29, 1.82) is 0 Å². The number of aromatic nitrogens is 2. The van der Waals surface area contributed by atoms with E-state index in [2.05, 4.69) is 15.9 Å². The number of benzene rings is 1. The van der Waals surface area contributed by atoms with Crippen molar-refractivity contribution < 1.29 is 9.50 Å². The van der Waals surface area contributed by atoms with Crippen molar-refractivity contribution in [3.05, 3.63) is 54.4 Å². The Hall–Kier alpha value is -1.89. The third kappa shape index (κ3) is 2.21. The second-order valence-corrected chi connectivity index (χ2v) is 5.04. The van der Waals surface area contributed by atoms with Gasteiger partial charge in [0.2, 0.25) is 11.7 Å². The second kappa shape index (κ2) is 4.65. The molecule has 0 radical (unpaired) electrons. The topological polar surface area (TPSA) is 75.1 Å². The number of rotatable bonds is 1. The summed E-state index contributed by atoms with van der Waals surface area (Å²) >= 11 is 3.30. The Morgan fingerprint density at radius 1 is 1.26 bits per heavy atom. The molecule has 0 unspecified atom stereocenters. The molecule has 0 amide bonds. The summed E-state index contributed by atoms with van der Waals surface area (Å²) in [7, 11) is 0. The molecule has 0 aliphatic rings. The van der Waals surface area contributed by atoms with Gasteiger partial charge in [-0.25, -0.2) is 9.36 Å². The highest BCUT2D eigenvalue weighted by atomic mass is 79.9. The lowest BCUT2D eigenvalue weighted by Gasteiger charge is -2.14. The number of aromatic hydroxyl groups is 1. The van der Waals surface area contributed by atoms with E-state index in [1.165, 1.54) is 0 Å². The van der Waals surface area contributed by atoms with Gasteiger partial charge in [0.05, 0.1) is 5.69 Å². The highest BCUT2D eigenvalue weighted by Crippen LogP contribution is 2.25. The SMILES string of the molecule is Cc1cc(Br)cc(C)c1-n1c(O)c(F)c(=O)[nH]c1=O. The van der Waals surface area contributed by atoms with Gasteiger partial charge in [-0.2, -0.15) is 4.39 Å². The van der Waals surface area contributed by atoms with E-state index in [-0.39, 0.29) is 0 Å². The van der Waals surface area contributed by atoms with E-state index in [9.17, 15) is 19.1 Å². The van der Waals surface area contributed by atoms with Crippen LogP contribution in [0.4, 0.5) is 4.39 Å². The van der Waals surface area contributed by atoms with Crippen molar-refractivity contribution in [2.24, 2.45) is 0 Å². The minimum atomic E-state index is -1.39. The zero-order valence-corrected chi connectivity index (χ0v) is 11.7. The van der Waals surface area contributed by atoms with Crippen LogP contribution < -0.4 is 11.2 Å². The molecule has 1 heterocycles. The molecule has 0 aliphatic heterocycles. The summed E-state index contributed by atoms with van der Waals surface area (Å²) in [6, 6.07) is 3.44. The Morgan fingerprint density at radius 3 is 2.32 bits per heavy atom. The number of aromatic amines is 1. The minimum Gasteiger partial charge on any atom is -0.492 e. The molecule has 0 atom stereocenters. The molecule has 19 heavy (non-hydrogen) atoms. The molecule has 7 heteroatoms.